The quantitative estimate of drug-likeness (QED) is 0.401. The molecule has 0 heterocycles. The first kappa shape index (κ1) is 28.9. The van der Waals surface area contributed by atoms with E-state index in [-0.39, 0.29) is 27.4 Å². The summed E-state index contributed by atoms with van der Waals surface area (Å²) in [4.78, 5) is 24.4. The number of halogens is 3. The van der Waals surface area contributed by atoms with E-state index in [0.717, 1.165) is 0 Å². The molecule has 3 aromatic rings. The second-order valence-corrected chi connectivity index (χ2v) is 11.3. The molecule has 38 heavy (non-hydrogen) atoms. The van der Waals surface area contributed by atoms with Crippen molar-refractivity contribution in [3.63, 3.8) is 0 Å². The van der Waals surface area contributed by atoms with Crippen molar-refractivity contribution in [1.29, 1.82) is 0 Å². The van der Waals surface area contributed by atoms with Crippen LogP contribution in [0.25, 0.3) is 11.1 Å². The number of amides is 1. The van der Waals surface area contributed by atoms with E-state index in [1.807, 2.05) is 0 Å². The maximum absolute atomic E-state index is 13.7. The summed E-state index contributed by atoms with van der Waals surface area (Å²) in [7, 11) is -3.94. The molecule has 202 valence electrons. The van der Waals surface area contributed by atoms with E-state index in [1.165, 1.54) is 55.5 Å². The van der Waals surface area contributed by atoms with Gasteiger partial charge in [-0.1, -0.05) is 48.5 Å². The summed E-state index contributed by atoms with van der Waals surface area (Å²) in [6, 6.07) is 15.8. The minimum Gasteiger partial charge on any atom is -0.481 e. The van der Waals surface area contributed by atoms with Crippen LogP contribution in [0.5, 0.6) is 0 Å². The number of hydrogen-bond acceptors (Lipinski definition) is 4. The monoisotopic (exact) mass is 548 g/mol. The number of carboxylic acid groups (broad SMARTS) is 1. The molecule has 7 nitrogen and oxygen atoms in total. The van der Waals surface area contributed by atoms with Crippen molar-refractivity contribution >= 4 is 33.3 Å². The van der Waals surface area contributed by atoms with E-state index in [9.17, 15) is 36.3 Å². The third kappa shape index (κ3) is 6.59. The summed E-state index contributed by atoms with van der Waals surface area (Å²) in [5.41, 5.74) is -0.0906. The Morgan fingerprint density at radius 1 is 0.921 bits per heavy atom. The van der Waals surface area contributed by atoms with Gasteiger partial charge in [0.2, 0.25) is 10.0 Å². The lowest BCUT2D eigenvalue weighted by Gasteiger charge is -2.28. The fourth-order valence-electron chi connectivity index (χ4n) is 4.01. The topological polar surface area (TPSA) is 104 Å². The van der Waals surface area contributed by atoms with Crippen LogP contribution in [0.15, 0.2) is 71.6 Å². The minimum atomic E-state index is -5.25. The fourth-order valence-corrected chi connectivity index (χ4v) is 5.66. The molecule has 1 amide bonds. The number of benzene rings is 3. The van der Waals surface area contributed by atoms with Crippen LogP contribution in [-0.4, -0.2) is 37.1 Å². The number of hydrogen-bond donors (Lipinski definition) is 2. The Labute approximate surface area is 219 Å². The van der Waals surface area contributed by atoms with Crippen LogP contribution in [0.3, 0.4) is 0 Å². The maximum Gasteiger partial charge on any atom is 0.472 e. The highest BCUT2D eigenvalue weighted by Crippen LogP contribution is 2.37. The van der Waals surface area contributed by atoms with E-state index in [2.05, 4.69) is 4.72 Å². The van der Waals surface area contributed by atoms with Crippen molar-refractivity contribution in [2.75, 3.05) is 4.90 Å². The maximum atomic E-state index is 13.7. The number of nitrogens with one attached hydrogen (secondary N) is 1. The van der Waals surface area contributed by atoms with Crippen molar-refractivity contribution in [1.82, 2.24) is 4.72 Å². The zero-order valence-electron chi connectivity index (χ0n) is 21.1. The molecule has 11 heteroatoms. The van der Waals surface area contributed by atoms with E-state index in [0.29, 0.717) is 16.0 Å². The molecule has 0 unspecified atom stereocenters. The molecule has 0 radical (unpaired) electrons. The molecule has 0 aromatic heterocycles. The molecule has 2 N–H and O–H groups in total. The van der Waals surface area contributed by atoms with Gasteiger partial charge in [-0.25, -0.2) is 13.1 Å². The largest absolute Gasteiger partial charge is 0.481 e. The predicted octanol–water partition coefficient (Wildman–Crippen LogP) is 5.59. The Morgan fingerprint density at radius 3 is 2.08 bits per heavy atom. The lowest BCUT2D eigenvalue weighted by atomic mass is 10.0. The first-order valence-corrected chi connectivity index (χ1v) is 12.9. The summed E-state index contributed by atoms with van der Waals surface area (Å²) in [5.74, 6) is -3.46. The number of para-hydroxylation sites is 1. The van der Waals surface area contributed by atoms with Crippen molar-refractivity contribution in [3.05, 3.63) is 77.9 Å². The van der Waals surface area contributed by atoms with Crippen LogP contribution in [0.1, 0.15) is 31.9 Å². The molecule has 0 aliphatic rings. The minimum absolute atomic E-state index is 0.0199. The molecule has 0 saturated carbocycles. The Balaban J connectivity index is 2.16. The van der Waals surface area contributed by atoms with Gasteiger partial charge in [-0.2, -0.15) is 13.2 Å². The highest BCUT2D eigenvalue weighted by molar-refractivity contribution is 7.89. The van der Waals surface area contributed by atoms with Gasteiger partial charge in [0.15, 0.2) is 0 Å². The summed E-state index contributed by atoms with van der Waals surface area (Å²) in [6.07, 6.45) is -5.84. The van der Waals surface area contributed by atoms with Crippen molar-refractivity contribution in [2.45, 2.75) is 50.7 Å². The summed E-state index contributed by atoms with van der Waals surface area (Å²) in [6.45, 7) is 6.56. The van der Waals surface area contributed by atoms with E-state index < -0.39 is 40.0 Å². The number of sulfonamides is 1. The van der Waals surface area contributed by atoms with Crippen molar-refractivity contribution < 1.29 is 36.3 Å². The highest BCUT2D eigenvalue weighted by atomic mass is 32.2. The Morgan fingerprint density at radius 2 is 1.53 bits per heavy atom. The number of nitrogens with zero attached hydrogens (tertiary/aromatic N) is 1. The van der Waals surface area contributed by atoms with Gasteiger partial charge in [-0.15, -0.1) is 0 Å². The Kier molecular flexibility index (Phi) is 8.04. The zero-order valence-corrected chi connectivity index (χ0v) is 21.9. The first-order chi connectivity index (χ1) is 17.5. The molecule has 3 aromatic carbocycles. The van der Waals surface area contributed by atoms with Crippen LogP contribution >= 0.6 is 0 Å². The number of carboxylic acids is 1. The summed E-state index contributed by atoms with van der Waals surface area (Å²) in [5, 5.41) is 9.28. The van der Waals surface area contributed by atoms with Crippen LogP contribution in [0.4, 0.5) is 24.5 Å². The zero-order chi connectivity index (χ0) is 28.5. The van der Waals surface area contributed by atoms with Crippen LogP contribution in [0, 0.1) is 6.92 Å². The number of anilines is 2. The molecule has 3 rings (SSSR count). The standard InChI is InChI=1S/C27H27F3N2O5S/c1-17-8-7-9-19(16-23(33)34)24(17)32(25(35)27(28,29)30)20-14-12-18(13-15-20)21-10-5-6-11-22(21)38(36,37)31-26(2,3)4/h5-15,31H,16H2,1-4H3,(H,33,34). The second-order valence-electron chi connectivity index (χ2n) is 9.69. The molecule has 0 spiro atoms. The fraction of sp³-hybridized carbons (Fsp3) is 0.259. The van der Waals surface area contributed by atoms with Gasteiger partial charge in [0, 0.05) is 16.8 Å². The van der Waals surface area contributed by atoms with Crippen molar-refractivity contribution in [2.24, 2.45) is 0 Å². The normalized spacial score (nSPS) is 12.3. The van der Waals surface area contributed by atoms with Crippen LogP contribution < -0.4 is 9.62 Å². The number of carbonyl (C=O) groups excluding carboxylic acids is 1. The van der Waals surface area contributed by atoms with Gasteiger partial charge in [-0.05, 0) is 62.6 Å². The Hall–Kier alpha value is -3.70. The lowest BCUT2D eigenvalue weighted by Crippen LogP contribution is -2.40. The number of aryl methyl sites for hydroxylation is 1. The molecule has 0 fully saturated rings. The molecule has 0 atom stereocenters. The molecule has 0 bridgehead atoms. The highest BCUT2D eigenvalue weighted by Gasteiger charge is 2.44. The average molecular weight is 549 g/mol. The number of aliphatic carboxylic acids is 1. The third-order valence-corrected chi connectivity index (χ3v) is 7.20. The van der Waals surface area contributed by atoms with E-state index in [4.69, 9.17) is 0 Å². The van der Waals surface area contributed by atoms with Crippen LogP contribution in [0.2, 0.25) is 0 Å². The van der Waals surface area contributed by atoms with Gasteiger partial charge in [-0.3, -0.25) is 14.5 Å². The van der Waals surface area contributed by atoms with Crippen molar-refractivity contribution in [3.8, 4) is 11.1 Å². The van der Waals surface area contributed by atoms with Gasteiger partial charge >= 0.3 is 18.1 Å². The Bertz CT molecular complexity index is 1460. The molecule has 0 saturated heterocycles. The molecule has 0 aliphatic heterocycles. The summed E-state index contributed by atoms with van der Waals surface area (Å²) >= 11 is 0. The second kappa shape index (κ2) is 10.6. The smallest absolute Gasteiger partial charge is 0.472 e. The number of rotatable bonds is 7. The van der Waals surface area contributed by atoms with Gasteiger partial charge in [0.25, 0.3) is 0 Å². The molecule has 0 aliphatic carbocycles. The van der Waals surface area contributed by atoms with Crippen LogP contribution in [-0.2, 0) is 26.0 Å². The lowest BCUT2D eigenvalue weighted by molar-refractivity contribution is -0.169. The first-order valence-electron chi connectivity index (χ1n) is 11.5. The van der Waals surface area contributed by atoms with Gasteiger partial charge in [0.05, 0.1) is 17.0 Å². The van der Waals surface area contributed by atoms with Gasteiger partial charge < -0.3 is 5.11 Å². The number of carbonyl (C=O) groups is 2. The van der Waals surface area contributed by atoms with Gasteiger partial charge in [0.1, 0.15) is 0 Å². The SMILES string of the molecule is Cc1cccc(CC(=O)O)c1N(C(=O)C(F)(F)F)c1ccc(-c2ccccc2S(=O)(=O)NC(C)(C)C)cc1. The third-order valence-electron chi connectivity index (χ3n) is 5.39. The molecular formula is C27H27F3N2O5S. The average Bonchev–Trinajstić information content (AvgIpc) is 2.79. The summed E-state index contributed by atoms with van der Waals surface area (Å²) < 4.78 is 69.7. The predicted molar refractivity (Wildman–Crippen MR) is 138 cm³/mol. The van der Waals surface area contributed by atoms with E-state index in [1.54, 1.807) is 39.0 Å². The number of alkyl halides is 3. The molecular weight excluding hydrogens is 521 g/mol. The van der Waals surface area contributed by atoms with E-state index >= 15 is 0 Å².